The van der Waals surface area contributed by atoms with Gasteiger partial charge in [-0.05, 0) is 31.2 Å². The molecule has 2 aromatic heterocycles. The Morgan fingerprint density at radius 3 is 2.64 bits per heavy atom. The molecule has 0 aliphatic carbocycles. The van der Waals surface area contributed by atoms with Crippen LogP contribution in [0.25, 0.3) is 5.69 Å². The van der Waals surface area contributed by atoms with Gasteiger partial charge in [0.25, 0.3) is 5.91 Å². The Hall–Kier alpha value is -3.35. The minimum Gasteiger partial charge on any atom is -0.467 e. The topological polar surface area (TPSA) is 89.2 Å². The highest BCUT2D eigenvalue weighted by atomic mass is 16.3. The van der Waals surface area contributed by atoms with Crippen molar-refractivity contribution in [1.82, 2.24) is 20.4 Å². The Kier molecular flexibility index (Phi) is 4.94. The van der Waals surface area contributed by atoms with Crippen LogP contribution in [0.15, 0.2) is 59.3 Å². The molecule has 0 unspecified atom stereocenters. The summed E-state index contributed by atoms with van der Waals surface area (Å²) in [6.07, 6.45) is 3.04. The van der Waals surface area contributed by atoms with E-state index in [0.29, 0.717) is 17.0 Å². The van der Waals surface area contributed by atoms with Crippen LogP contribution in [0.1, 0.15) is 21.8 Å². The molecule has 1 aromatic carbocycles. The molecule has 2 heterocycles. The van der Waals surface area contributed by atoms with Crippen molar-refractivity contribution >= 4 is 11.8 Å². The second kappa shape index (κ2) is 7.48. The fourth-order valence-corrected chi connectivity index (χ4v) is 2.38. The van der Waals surface area contributed by atoms with Gasteiger partial charge in [-0.3, -0.25) is 9.59 Å². The summed E-state index contributed by atoms with van der Waals surface area (Å²) in [5.41, 5.74) is 2.01. The van der Waals surface area contributed by atoms with E-state index in [1.165, 1.54) is 12.5 Å². The van der Waals surface area contributed by atoms with Crippen molar-refractivity contribution in [3.8, 4) is 5.69 Å². The van der Waals surface area contributed by atoms with E-state index in [0.717, 1.165) is 5.69 Å². The summed E-state index contributed by atoms with van der Waals surface area (Å²) in [4.78, 5) is 24.1. The van der Waals surface area contributed by atoms with E-state index in [4.69, 9.17) is 4.42 Å². The Morgan fingerprint density at radius 2 is 1.92 bits per heavy atom. The van der Waals surface area contributed by atoms with Gasteiger partial charge in [0.05, 0.1) is 42.5 Å². The number of carbonyl (C=O) groups is 2. The van der Waals surface area contributed by atoms with E-state index >= 15 is 0 Å². The second-order valence-electron chi connectivity index (χ2n) is 5.43. The van der Waals surface area contributed by atoms with Crippen LogP contribution < -0.4 is 10.6 Å². The van der Waals surface area contributed by atoms with Crippen LogP contribution in [0.5, 0.6) is 0 Å². The van der Waals surface area contributed by atoms with E-state index in [1.54, 1.807) is 16.8 Å². The molecule has 2 amide bonds. The Bertz CT molecular complexity index is 854. The molecule has 0 fully saturated rings. The summed E-state index contributed by atoms with van der Waals surface area (Å²) in [6.45, 7) is 1.98. The summed E-state index contributed by atoms with van der Waals surface area (Å²) in [5, 5.41) is 9.52. The van der Waals surface area contributed by atoms with E-state index < -0.39 is 0 Å². The van der Waals surface area contributed by atoms with E-state index in [9.17, 15) is 9.59 Å². The molecule has 0 atom stereocenters. The number of para-hydroxylation sites is 1. The lowest BCUT2D eigenvalue weighted by atomic mass is 10.2. The first-order valence-corrected chi connectivity index (χ1v) is 7.82. The highest BCUT2D eigenvalue weighted by molar-refractivity contribution is 5.97. The highest BCUT2D eigenvalue weighted by Crippen LogP contribution is 2.13. The van der Waals surface area contributed by atoms with Gasteiger partial charge in [-0.1, -0.05) is 18.2 Å². The molecule has 0 saturated carbocycles. The number of nitrogens with zero attached hydrogens (tertiary/aromatic N) is 2. The summed E-state index contributed by atoms with van der Waals surface area (Å²) in [6, 6.07) is 13.0. The summed E-state index contributed by atoms with van der Waals surface area (Å²) in [7, 11) is 0. The maximum atomic E-state index is 12.3. The zero-order valence-electron chi connectivity index (χ0n) is 13.7. The number of nitrogens with one attached hydrogen (secondary N) is 2. The van der Waals surface area contributed by atoms with E-state index in [1.807, 2.05) is 37.3 Å². The van der Waals surface area contributed by atoms with Gasteiger partial charge in [-0.2, -0.15) is 5.10 Å². The number of rotatable bonds is 6. The molecule has 0 aliphatic rings. The summed E-state index contributed by atoms with van der Waals surface area (Å²) >= 11 is 0. The monoisotopic (exact) mass is 338 g/mol. The van der Waals surface area contributed by atoms with Crippen LogP contribution in [-0.2, 0) is 11.3 Å². The van der Waals surface area contributed by atoms with Gasteiger partial charge in [0.2, 0.25) is 5.91 Å². The minimum atomic E-state index is -0.340. The number of hydrogen-bond donors (Lipinski definition) is 2. The van der Waals surface area contributed by atoms with Crippen LogP contribution in [0, 0.1) is 6.92 Å². The normalized spacial score (nSPS) is 10.4. The van der Waals surface area contributed by atoms with Gasteiger partial charge in [0.1, 0.15) is 5.76 Å². The molecule has 7 heteroatoms. The highest BCUT2D eigenvalue weighted by Gasteiger charge is 2.15. The third-order valence-corrected chi connectivity index (χ3v) is 3.70. The number of benzene rings is 1. The zero-order chi connectivity index (χ0) is 17.6. The third-order valence-electron chi connectivity index (χ3n) is 3.70. The Labute approximate surface area is 144 Å². The zero-order valence-corrected chi connectivity index (χ0v) is 13.7. The van der Waals surface area contributed by atoms with Crippen molar-refractivity contribution in [3.05, 3.63) is 71.9 Å². The number of amides is 2. The third kappa shape index (κ3) is 3.95. The maximum Gasteiger partial charge on any atom is 0.255 e. The average molecular weight is 338 g/mol. The summed E-state index contributed by atoms with van der Waals surface area (Å²) < 4.78 is 6.81. The van der Waals surface area contributed by atoms with Gasteiger partial charge in [0.15, 0.2) is 0 Å². The van der Waals surface area contributed by atoms with Crippen molar-refractivity contribution in [2.24, 2.45) is 0 Å². The predicted molar refractivity (Wildman–Crippen MR) is 91.2 cm³/mol. The first-order chi connectivity index (χ1) is 12.1. The quantitative estimate of drug-likeness (QED) is 0.717. The first-order valence-electron chi connectivity index (χ1n) is 7.82. The molecule has 2 N–H and O–H groups in total. The van der Waals surface area contributed by atoms with Crippen LogP contribution in [0.4, 0.5) is 0 Å². The van der Waals surface area contributed by atoms with Crippen molar-refractivity contribution in [2.75, 3.05) is 6.54 Å². The van der Waals surface area contributed by atoms with Crippen LogP contribution in [-0.4, -0.2) is 28.1 Å². The van der Waals surface area contributed by atoms with Crippen LogP contribution in [0.3, 0.4) is 0 Å². The van der Waals surface area contributed by atoms with E-state index in [-0.39, 0.29) is 24.9 Å². The van der Waals surface area contributed by atoms with Gasteiger partial charge in [-0.25, -0.2) is 4.68 Å². The standard InChI is InChI=1S/C18H18N4O3/c1-13-16(11-21-22(13)14-6-3-2-4-7-14)18(24)20-12-17(23)19-10-15-8-5-9-25-15/h2-9,11H,10,12H2,1H3,(H,19,23)(H,20,24). The molecule has 0 saturated heterocycles. The molecule has 0 radical (unpaired) electrons. The number of furan rings is 1. The van der Waals surface area contributed by atoms with Crippen molar-refractivity contribution in [2.45, 2.75) is 13.5 Å². The lowest BCUT2D eigenvalue weighted by Gasteiger charge is -2.07. The lowest BCUT2D eigenvalue weighted by Crippen LogP contribution is -2.36. The molecule has 0 aliphatic heterocycles. The number of hydrogen-bond acceptors (Lipinski definition) is 4. The number of carbonyl (C=O) groups excluding carboxylic acids is 2. The molecule has 0 bridgehead atoms. The molecule has 3 rings (SSSR count). The lowest BCUT2D eigenvalue weighted by molar-refractivity contribution is -0.120. The van der Waals surface area contributed by atoms with Gasteiger partial charge >= 0.3 is 0 Å². The maximum absolute atomic E-state index is 12.3. The smallest absolute Gasteiger partial charge is 0.255 e. The van der Waals surface area contributed by atoms with Gasteiger partial charge in [-0.15, -0.1) is 0 Å². The second-order valence-corrected chi connectivity index (χ2v) is 5.43. The predicted octanol–water partition coefficient (Wildman–Crippen LogP) is 1.82. The molecular weight excluding hydrogens is 320 g/mol. The molecule has 0 spiro atoms. The largest absolute Gasteiger partial charge is 0.467 e. The Balaban J connectivity index is 1.56. The minimum absolute atomic E-state index is 0.116. The SMILES string of the molecule is Cc1c(C(=O)NCC(=O)NCc2ccco2)cnn1-c1ccccc1. The van der Waals surface area contributed by atoms with Crippen molar-refractivity contribution in [1.29, 1.82) is 0 Å². The molecule has 3 aromatic rings. The fraction of sp³-hybridized carbons (Fsp3) is 0.167. The average Bonchev–Trinajstić information content (AvgIpc) is 3.28. The molecular formula is C18H18N4O3. The van der Waals surface area contributed by atoms with Gasteiger partial charge < -0.3 is 15.1 Å². The summed E-state index contributed by atoms with van der Waals surface area (Å²) in [5.74, 6) is 0.0188. The Morgan fingerprint density at radius 1 is 1.12 bits per heavy atom. The van der Waals surface area contributed by atoms with Crippen molar-refractivity contribution in [3.63, 3.8) is 0 Å². The van der Waals surface area contributed by atoms with Crippen LogP contribution in [0.2, 0.25) is 0 Å². The van der Waals surface area contributed by atoms with E-state index in [2.05, 4.69) is 15.7 Å². The van der Waals surface area contributed by atoms with Gasteiger partial charge in [0, 0.05) is 0 Å². The molecule has 25 heavy (non-hydrogen) atoms. The first kappa shape index (κ1) is 16.5. The fourth-order valence-electron chi connectivity index (χ4n) is 2.38. The van der Waals surface area contributed by atoms with Crippen molar-refractivity contribution < 1.29 is 14.0 Å². The number of aromatic nitrogens is 2. The van der Waals surface area contributed by atoms with Crippen LogP contribution >= 0.6 is 0 Å². The molecule has 7 nitrogen and oxygen atoms in total. The molecule has 128 valence electrons.